The first kappa shape index (κ1) is 17.8. The van der Waals surface area contributed by atoms with Crippen molar-refractivity contribution in [2.45, 2.75) is 30.1 Å². The molecule has 0 aliphatic carbocycles. The summed E-state index contributed by atoms with van der Waals surface area (Å²) in [5.74, 6) is 0.567. The van der Waals surface area contributed by atoms with Gasteiger partial charge >= 0.3 is 0 Å². The summed E-state index contributed by atoms with van der Waals surface area (Å²) in [5.41, 5.74) is 1.74. The molecule has 0 aromatic carbocycles. The number of nitrogens with zero attached hydrogens (tertiary/aromatic N) is 3. The highest BCUT2D eigenvalue weighted by Crippen LogP contribution is 2.27. The standard InChI is InChI=1S/C17H23N5O2S/c1-25(23,24)15-12-21-17(20-9-6-13-4-2-7-18-10-13)22-16(15)14-5-3-8-19-11-14/h2,4,7,10,12,14,19H,3,5-6,8-9,11H2,1H3,(H,20,21,22). The largest absolute Gasteiger partial charge is 0.354 e. The maximum Gasteiger partial charge on any atom is 0.222 e. The summed E-state index contributed by atoms with van der Waals surface area (Å²) in [4.78, 5) is 13.1. The van der Waals surface area contributed by atoms with Crippen molar-refractivity contribution in [3.05, 3.63) is 42.0 Å². The topological polar surface area (TPSA) is 96.9 Å². The first-order valence-corrected chi connectivity index (χ1v) is 10.3. The molecule has 2 aromatic heterocycles. The molecule has 134 valence electrons. The van der Waals surface area contributed by atoms with Crippen LogP contribution in [0.15, 0.2) is 35.6 Å². The fourth-order valence-electron chi connectivity index (χ4n) is 3.00. The van der Waals surface area contributed by atoms with Gasteiger partial charge in [0.25, 0.3) is 0 Å². The Morgan fingerprint density at radius 3 is 2.92 bits per heavy atom. The van der Waals surface area contributed by atoms with E-state index in [1.165, 1.54) is 12.5 Å². The van der Waals surface area contributed by atoms with E-state index < -0.39 is 9.84 Å². The summed E-state index contributed by atoms with van der Waals surface area (Å²) < 4.78 is 24.2. The highest BCUT2D eigenvalue weighted by molar-refractivity contribution is 7.90. The molecule has 25 heavy (non-hydrogen) atoms. The Morgan fingerprint density at radius 1 is 1.36 bits per heavy atom. The van der Waals surface area contributed by atoms with Crippen LogP contribution in [-0.4, -0.2) is 49.3 Å². The SMILES string of the molecule is CS(=O)(=O)c1cnc(NCCc2cccnc2)nc1C1CCCNC1. The number of anilines is 1. The van der Waals surface area contributed by atoms with Gasteiger partial charge in [0.1, 0.15) is 4.90 Å². The number of aromatic nitrogens is 3. The molecule has 1 aliphatic heterocycles. The zero-order chi connectivity index (χ0) is 17.7. The molecule has 1 aliphatic rings. The van der Waals surface area contributed by atoms with Crippen LogP contribution in [0, 0.1) is 0 Å². The number of hydrogen-bond acceptors (Lipinski definition) is 7. The molecule has 1 saturated heterocycles. The van der Waals surface area contributed by atoms with Crippen LogP contribution in [0.1, 0.15) is 30.0 Å². The first-order chi connectivity index (χ1) is 12.0. The van der Waals surface area contributed by atoms with Crippen molar-refractivity contribution in [3.63, 3.8) is 0 Å². The molecule has 7 nitrogen and oxygen atoms in total. The second-order valence-electron chi connectivity index (χ2n) is 6.30. The van der Waals surface area contributed by atoms with Crippen LogP contribution >= 0.6 is 0 Å². The van der Waals surface area contributed by atoms with E-state index in [9.17, 15) is 8.42 Å². The average Bonchev–Trinajstić information content (AvgIpc) is 2.62. The van der Waals surface area contributed by atoms with Gasteiger partial charge in [-0.3, -0.25) is 4.98 Å². The number of piperidine rings is 1. The van der Waals surface area contributed by atoms with E-state index in [4.69, 9.17) is 0 Å². The summed E-state index contributed by atoms with van der Waals surface area (Å²) in [7, 11) is -3.35. The molecule has 1 atom stereocenters. The van der Waals surface area contributed by atoms with Gasteiger partial charge in [0.05, 0.1) is 11.9 Å². The lowest BCUT2D eigenvalue weighted by molar-refractivity contribution is 0.448. The number of pyridine rings is 1. The lowest BCUT2D eigenvalue weighted by Gasteiger charge is -2.24. The lowest BCUT2D eigenvalue weighted by atomic mass is 9.96. The lowest BCUT2D eigenvalue weighted by Crippen LogP contribution is -2.30. The van der Waals surface area contributed by atoms with Gasteiger partial charge in [0.2, 0.25) is 5.95 Å². The van der Waals surface area contributed by atoms with Crippen LogP contribution in [0.5, 0.6) is 0 Å². The Morgan fingerprint density at radius 2 is 2.24 bits per heavy atom. The maximum atomic E-state index is 12.1. The second-order valence-corrected chi connectivity index (χ2v) is 8.28. The number of rotatable bonds is 6. The Hall–Kier alpha value is -2.06. The van der Waals surface area contributed by atoms with Gasteiger partial charge in [-0.25, -0.2) is 18.4 Å². The molecule has 0 bridgehead atoms. The van der Waals surface area contributed by atoms with Crippen LogP contribution in [0.4, 0.5) is 5.95 Å². The molecule has 3 rings (SSSR count). The summed E-state index contributed by atoms with van der Waals surface area (Å²) in [5, 5.41) is 6.50. The number of nitrogens with one attached hydrogen (secondary N) is 2. The molecule has 0 saturated carbocycles. The third-order valence-electron chi connectivity index (χ3n) is 4.29. The Kier molecular flexibility index (Phi) is 5.60. The van der Waals surface area contributed by atoms with E-state index in [0.29, 0.717) is 18.2 Å². The smallest absolute Gasteiger partial charge is 0.222 e. The normalized spacial score (nSPS) is 18.0. The van der Waals surface area contributed by atoms with Crippen molar-refractivity contribution >= 4 is 15.8 Å². The predicted octanol–water partition coefficient (Wildman–Crippen LogP) is 1.40. The Bertz CT molecular complexity index is 805. The molecular weight excluding hydrogens is 338 g/mol. The van der Waals surface area contributed by atoms with Gasteiger partial charge in [-0.05, 0) is 37.4 Å². The fraction of sp³-hybridized carbons (Fsp3) is 0.471. The second kappa shape index (κ2) is 7.88. The predicted molar refractivity (Wildman–Crippen MR) is 96.4 cm³/mol. The molecule has 0 spiro atoms. The van der Waals surface area contributed by atoms with E-state index in [1.54, 1.807) is 6.20 Å². The zero-order valence-corrected chi connectivity index (χ0v) is 15.1. The molecule has 0 amide bonds. The molecule has 0 radical (unpaired) electrons. The van der Waals surface area contributed by atoms with E-state index in [-0.39, 0.29) is 10.8 Å². The highest BCUT2D eigenvalue weighted by Gasteiger charge is 2.25. The van der Waals surface area contributed by atoms with E-state index >= 15 is 0 Å². The van der Waals surface area contributed by atoms with E-state index in [2.05, 4.69) is 25.6 Å². The van der Waals surface area contributed by atoms with Gasteiger partial charge in [-0.1, -0.05) is 6.07 Å². The molecule has 1 unspecified atom stereocenters. The third kappa shape index (κ3) is 4.73. The van der Waals surface area contributed by atoms with Gasteiger partial charge in [0, 0.05) is 37.7 Å². The van der Waals surface area contributed by atoms with Gasteiger partial charge < -0.3 is 10.6 Å². The van der Waals surface area contributed by atoms with Crippen molar-refractivity contribution in [2.75, 3.05) is 31.2 Å². The third-order valence-corrected chi connectivity index (χ3v) is 5.40. The number of hydrogen-bond donors (Lipinski definition) is 2. The molecule has 2 aromatic rings. The van der Waals surface area contributed by atoms with Gasteiger partial charge in [0.15, 0.2) is 9.84 Å². The van der Waals surface area contributed by atoms with Crippen LogP contribution in [0.3, 0.4) is 0 Å². The molecular formula is C17H23N5O2S. The minimum Gasteiger partial charge on any atom is -0.354 e. The fourth-order valence-corrected chi connectivity index (χ4v) is 3.83. The monoisotopic (exact) mass is 361 g/mol. The van der Waals surface area contributed by atoms with Crippen molar-refractivity contribution in [1.82, 2.24) is 20.3 Å². The molecule has 2 N–H and O–H groups in total. The minimum absolute atomic E-state index is 0.0975. The summed E-state index contributed by atoms with van der Waals surface area (Å²) in [6.45, 7) is 2.37. The van der Waals surface area contributed by atoms with E-state index in [0.717, 1.165) is 37.9 Å². The number of sulfone groups is 1. The van der Waals surface area contributed by atoms with Crippen molar-refractivity contribution in [2.24, 2.45) is 0 Å². The summed E-state index contributed by atoms with van der Waals surface area (Å²) >= 11 is 0. The minimum atomic E-state index is -3.35. The first-order valence-electron chi connectivity index (χ1n) is 8.44. The van der Waals surface area contributed by atoms with E-state index in [1.807, 2.05) is 18.3 Å². The highest BCUT2D eigenvalue weighted by atomic mass is 32.2. The zero-order valence-electron chi connectivity index (χ0n) is 14.3. The average molecular weight is 361 g/mol. The summed E-state index contributed by atoms with van der Waals surface area (Å²) in [6, 6.07) is 3.92. The van der Waals surface area contributed by atoms with Crippen LogP contribution in [0.25, 0.3) is 0 Å². The van der Waals surface area contributed by atoms with Gasteiger partial charge in [-0.15, -0.1) is 0 Å². The van der Waals surface area contributed by atoms with Crippen LogP contribution in [0.2, 0.25) is 0 Å². The summed E-state index contributed by atoms with van der Waals surface area (Å²) in [6.07, 6.45) is 8.96. The quantitative estimate of drug-likeness (QED) is 0.802. The van der Waals surface area contributed by atoms with Crippen molar-refractivity contribution < 1.29 is 8.42 Å². The maximum absolute atomic E-state index is 12.1. The van der Waals surface area contributed by atoms with Crippen molar-refractivity contribution in [1.29, 1.82) is 0 Å². The van der Waals surface area contributed by atoms with Crippen molar-refractivity contribution in [3.8, 4) is 0 Å². The van der Waals surface area contributed by atoms with Crippen LogP contribution < -0.4 is 10.6 Å². The molecule has 3 heterocycles. The molecule has 8 heteroatoms. The van der Waals surface area contributed by atoms with Gasteiger partial charge in [-0.2, -0.15) is 0 Å². The Labute approximate surface area is 148 Å². The Balaban J connectivity index is 1.76. The molecule has 1 fully saturated rings. The van der Waals surface area contributed by atoms with Crippen LogP contribution in [-0.2, 0) is 16.3 Å².